The number of nitrogens with zero attached hydrogens (tertiary/aromatic N) is 1. The Morgan fingerprint density at radius 3 is 2.24 bits per heavy atom. The molecule has 0 aliphatic heterocycles. The number of nitrogens with two attached hydrogens (primary N) is 1. The molecule has 0 bridgehead atoms. The highest BCUT2D eigenvalue weighted by molar-refractivity contribution is 7.98. The van der Waals surface area contributed by atoms with Crippen LogP contribution in [0.15, 0.2) is 71.6 Å². The Morgan fingerprint density at radius 1 is 1.05 bits per heavy atom. The second kappa shape index (κ2) is 12.6. The molecule has 0 aromatic heterocycles. The van der Waals surface area contributed by atoms with E-state index in [0.717, 1.165) is 4.90 Å². The number of aliphatic hydroxyl groups excluding tert-OH is 1. The number of aliphatic hydroxyl groups is 1. The van der Waals surface area contributed by atoms with Crippen LogP contribution < -0.4 is 16.0 Å². The van der Waals surface area contributed by atoms with Gasteiger partial charge < -0.3 is 26.0 Å². The summed E-state index contributed by atoms with van der Waals surface area (Å²) in [6, 6.07) is 20.4. The number of anilines is 2. The minimum absolute atomic E-state index is 0.121. The lowest BCUT2D eigenvalue weighted by Crippen LogP contribution is -2.39. The highest BCUT2D eigenvalue weighted by atomic mass is 32.2. The average Bonchev–Trinajstić information content (AvgIpc) is 2.87. The van der Waals surface area contributed by atoms with Crippen LogP contribution in [0.4, 0.5) is 16.2 Å². The van der Waals surface area contributed by atoms with Gasteiger partial charge in [-0.15, -0.1) is 11.8 Å². The van der Waals surface area contributed by atoms with Gasteiger partial charge in [0.1, 0.15) is 11.4 Å². The fraction of sp³-hybridized carbons (Fsp3) is 0.286. The van der Waals surface area contributed by atoms with Gasteiger partial charge in [0, 0.05) is 16.2 Å². The molecule has 0 atom stereocenters. The molecule has 8 nitrogen and oxygen atoms in total. The van der Waals surface area contributed by atoms with E-state index in [4.69, 9.17) is 10.5 Å². The number of phenols is 1. The second-order valence-electron chi connectivity index (χ2n) is 9.23. The summed E-state index contributed by atoms with van der Waals surface area (Å²) in [5.74, 6) is -0.192. The van der Waals surface area contributed by atoms with Crippen molar-refractivity contribution in [1.29, 1.82) is 0 Å². The molecule has 0 fully saturated rings. The van der Waals surface area contributed by atoms with Crippen molar-refractivity contribution in [3.05, 3.63) is 72.3 Å². The normalized spacial score (nSPS) is 11.2. The Labute approximate surface area is 221 Å². The lowest BCUT2D eigenvalue weighted by atomic mass is 9.96. The summed E-state index contributed by atoms with van der Waals surface area (Å²) in [6.07, 6.45) is -0.739. The Kier molecular flexibility index (Phi) is 9.57. The maximum atomic E-state index is 13.2. The van der Waals surface area contributed by atoms with Gasteiger partial charge in [-0.1, -0.05) is 48.5 Å². The summed E-state index contributed by atoms with van der Waals surface area (Å²) in [6.45, 7) is 4.44. The number of aromatic hydroxyl groups is 1. The zero-order valence-electron chi connectivity index (χ0n) is 21.2. The van der Waals surface area contributed by atoms with Crippen molar-refractivity contribution in [2.75, 3.05) is 29.9 Å². The summed E-state index contributed by atoms with van der Waals surface area (Å²) in [5.41, 5.74) is 7.08. The molecule has 0 radical (unpaired) electrons. The molecule has 0 spiro atoms. The number of ether oxygens (including phenoxy) is 1. The number of amides is 2. The van der Waals surface area contributed by atoms with Gasteiger partial charge in [0.25, 0.3) is 0 Å². The first-order valence-corrected chi connectivity index (χ1v) is 12.9. The summed E-state index contributed by atoms with van der Waals surface area (Å²) in [4.78, 5) is 28.0. The molecule has 0 aliphatic carbocycles. The van der Waals surface area contributed by atoms with Crippen molar-refractivity contribution in [1.82, 2.24) is 0 Å². The summed E-state index contributed by atoms with van der Waals surface area (Å²) < 4.78 is 5.58. The highest BCUT2D eigenvalue weighted by Gasteiger charge is 2.30. The first-order valence-electron chi connectivity index (χ1n) is 11.9. The quantitative estimate of drug-likeness (QED) is 0.230. The van der Waals surface area contributed by atoms with E-state index < -0.39 is 17.6 Å². The molecule has 0 saturated carbocycles. The molecule has 5 N–H and O–H groups in total. The molecule has 9 heteroatoms. The number of carbonyl (C=O) groups is 2. The van der Waals surface area contributed by atoms with E-state index >= 15 is 0 Å². The molecular formula is C28H33N3O5S. The number of rotatable bonds is 9. The maximum Gasteiger partial charge on any atom is 0.415 e. The van der Waals surface area contributed by atoms with Crippen LogP contribution in [0.2, 0.25) is 0 Å². The topological polar surface area (TPSA) is 125 Å². The van der Waals surface area contributed by atoms with Crippen LogP contribution in [-0.2, 0) is 15.3 Å². The van der Waals surface area contributed by atoms with Gasteiger partial charge >= 0.3 is 6.09 Å². The number of hydrogen-bond donors (Lipinski definition) is 4. The average molecular weight is 524 g/mol. The predicted molar refractivity (Wildman–Crippen MR) is 148 cm³/mol. The van der Waals surface area contributed by atoms with Crippen molar-refractivity contribution in [2.24, 2.45) is 5.73 Å². The number of nitrogens with one attached hydrogen (secondary N) is 1. The highest BCUT2D eigenvalue weighted by Crippen LogP contribution is 2.47. The van der Waals surface area contributed by atoms with Crippen molar-refractivity contribution >= 4 is 35.1 Å². The largest absolute Gasteiger partial charge is 0.506 e. The summed E-state index contributed by atoms with van der Waals surface area (Å²) >= 11 is 1.53. The molecule has 2 amide bonds. The monoisotopic (exact) mass is 523 g/mol. The predicted octanol–water partition coefficient (Wildman–Crippen LogP) is 4.98. The molecule has 0 aliphatic rings. The maximum absolute atomic E-state index is 13.2. The van der Waals surface area contributed by atoms with Crippen molar-refractivity contribution in [3.8, 4) is 16.9 Å². The van der Waals surface area contributed by atoms with Crippen LogP contribution in [0.5, 0.6) is 5.75 Å². The minimum Gasteiger partial charge on any atom is -0.506 e. The number of benzene rings is 3. The van der Waals surface area contributed by atoms with Crippen LogP contribution in [0.1, 0.15) is 26.3 Å². The molecule has 3 rings (SSSR count). The van der Waals surface area contributed by atoms with Crippen molar-refractivity contribution in [2.45, 2.75) is 37.0 Å². The van der Waals surface area contributed by atoms with Crippen molar-refractivity contribution < 1.29 is 24.5 Å². The van der Waals surface area contributed by atoms with Gasteiger partial charge in [-0.3, -0.25) is 9.69 Å². The third kappa shape index (κ3) is 7.48. The molecular weight excluding hydrogens is 490 g/mol. The van der Waals surface area contributed by atoms with Gasteiger partial charge in [-0.2, -0.15) is 0 Å². The van der Waals surface area contributed by atoms with Crippen LogP contribution in [0.25, 0.3) is 11.1 Å². The zero-order chi connectivity index (χ0) is 27.0. The van der Waals surface area contributed by atoms with Gasteiger partial charge in [-0.25, -0.2) is 4.79 Å². The van der Waals surface area contributed by atoms with E-state index in [1.54, 1.807) is 20.8 Å². The third-order valence-electron chi connectivity index (χ3n) is 5.22. The Balaban J connectivity index is 2.26. The molecule has 0 heterocycles. The van der Waals surface area contributed by atoms with Crippen LogP contribution in [0, 0.1) is 0 Å². The minimum atomic E-state index is -0.809. The van der Waals surface area contributed by atoms with E-state index in [9.17, 15) is 19.8 Å². The van der Waals surface area contributed by atoms with Gasteiger partial charge in [-0.05, 0) is 50.1 Å². The van der Waals surface area contributed by atoms with E-state index in [0.29, 0.717) is 28.1 Å². The lowest BCUT2D eigenvalue weighted by molar-refractivity contribution is -0.114. The summed E-state index contributed by atoms with van der Waals surface area (Å²) in [5, 5.41) is 24.0. The van der Waals surface area contributed by atoms with Crippen LogP contribution >= 0.6 is 11.8 Å². The molecule has 3 aromatic rings. The number of carbonyl (C=O) groups excluding carboxylic acids is 2. The van der Waals surface area contributed by atoms with Crippen molar-refractivity contribution in [3.63, 3.8) is 0 Å². The second-order valence-corrected chi connectivity index (χ2v) is 10.3. The fourth-order valence-electron chi connectivity index (χ4n) is 3.71. The SMILES string of the molecule is CC(C)(C)OC(=O)N(CCO)c1c(O)cc(CSc2ccccc2)c(NC(=O)CN)c1-c1ccccc1. The standard InChI is InChI=1S/C28H33N3O5S/c1-28(2,3)36-27(35)31(14-15-32)26-22(33)16-20(18-37-21-12-8-5-9-13-21)25(30-23(34)17-29)24(26)19-10-6-4-7-11-19/h4-13,16,32-33H,14-15,17-18,29H2,1-3H3,(H,30,34). The fourth-order valence-corrected chi connectivity index (χ4v) is 4.61. The molecule has 196 valence electrons. The number of hydrogen-bond acceptors (Lipinski definition) is 7. The zero-order valence-corrected chi connectivity index (χ0v) is 22.0. The first kappa shape index (κ1) is 28.0. The number of phenolic OH excluding ortho intramolecular Hbond substituents is 1. The molecule has 0 unspecified atom stereocenters. The Hall–Kier alpha value is -3.53. The van der Waals surface area contributed by atoms with E-state index in [2.05, 4.69) is 5.32 Å². The molecule has 3 aromatic carbocycles. The van der Waals surface area contributed by atoms with E-state index in [-0.39, 0.29) is 31.1 Å². The van der Waals surface area contributed by atoms with Crippen LogP contribution in [-0.4, -0.2) is 47.5 Å². The van der Waals surface area contributed by atoms with Crippen LogP contribution in [0.3, 0.4) is 0 Å². The lowest BCUT2D eigenvalue weighted by Gasteiger charge is -2.30. The van der Waals surface area contributed by atoms with E-state index in [1.165, 1.54) is 22.7 Å². The van der Waals surface area contributed by atoms with Gasteiger partial charge in [0.2, 0.25) is 5.91 Å². The smallest absolute Gasteiger partial charge is 0.415 e. The molecule has 0 saturated heterocycles. The number of thioether (sulfide) groups is 1. The Morgan fingerprint density at radius 2 is 1.68 bits per heavy atom. The third-order valence-corrected chi connectivity index (χ3v) is 6.28. The first-order chi connectivity index (χ1) is 17.6. The van der Waals surface area contributed by atoms with Gasteiger partial charge in [0.15, 0.2) is 0 Å². The van der Waals surface area contributed by atoms with Gasteiger partial charge in [0.05, 0.1) is 31.1 Å². The summed E-state index contributed by atoms with van der Waals surface area (Å²) in [7, 11) is 0. The van der Waals surface area contributed by atoms with E-state index in [1.807, 2.05) is 60.7 Å². The Bertz CT molecular complexity index is 1210. The molecule has 37 heavy (non-hydrogen) atoms.